The third-order valence-electron chi connectivity index (χ3n) is 4.27. The largest absolute Gasteiger partial charge is 0.459 e. The van der Waals surface area contributed by atoms with Crippen LogP contribution >= 0.6 is 0 Å². The van der Waals surface area contributed by atoms with E-state index < -0.39 is 39.8 Å². The first kappa shape index (κ1) is 23.3. The Balaban J connectivity index is 2.21. The van der Waals surface area contributed by atoms with Gasteiger partial charge in [-0.1, -0.05) is 48.0 Å². The van der Waals surface area contributed by atoms with E-state index >= 15 is 0 Å². The average Bonchev–Trinajstić information content (AvgIpc) is 2.66. The number of rotatable bonds is 8. The van der Waals surface area contributed by atoms with Crippen LogP contribution in [-0.2, 0) is 31.7 Å². The highest BCUT2D eigenvalue weighted by Gasteiger charge is 2.40. The fourth-order valence-corrected chi connectivity index (χ4v) is 4.07. The number of carbonyl (C=O) groups is 1. The molecule has 2 rings (SSSR count). The first-order valence-corrected chi connectivity index (χ1v) is 10.8. The zero-order valence-electron chi connectivity index (χ0n) is 17.6. The number of hydrogen-bond donors (Lipinski definition) is 1. The second-order valence-electron chi connectivity index (χ2n) is 8.06. The number of esters is 1. The molecule has 0 saturated heterocycles. The molecule has 5 nitrogen and oxygen atoms in total. The summed E-state index contributed by atoms with van der Waals surface area (Å²) < 4.78 is 24.4. The standard InChI is InChI=1S/C23H30O5S/c1-16-11-13-19(14-12-16)29(26)21(22(25)28-23(3,4)5)20(24)17(2)27-15-18-9-7-6-8-10-18/h6-14,17,20-21,24H,15H2,1-5H3/t17-,20+,21+,29?/m1/s1. The zero-order chi connectivity index (χ0) is 21.6. The Morgan fingerprint density at radius 1 is 1.07 bits per heavy atom. The van der Waals surface area contributed by atoms with Gasteiger partial charge in [-0.25, -0.2) is 0 Å². The van der Waals surface area contributed by atoms with Gasteiger partial charge in [0.25, 0.3) is 0 Å². The lowest BCUT2D eigenvalue weighted by atomic mass is 10.1. The number of benzene rings is 2. The molecule has 0 aromatic heterocycles. The summed E-state index contributed by atoms with van der Waals surface area (Å²) in [6.07, 6.45) is -2.02. The van der Waals surface area contributed by atoms with Crippen LogP contribution in [0.2, 0.25) is 0 Å². The highest BCUT2D eigenvalue weighted by molar-refractivity contribution is 7.86. The molecule has 4 atom stereocenters. The number of aryl methyl sites for hydroxylation is 1. The van der Waals surface area contributed by atoms with E-state index in [0.717, 1.165) is 11.1 Å². The number of carbonyl (C=O) groups excluding carboxylic acids is 1. The fourth-order valence-electron chi connectivity index (χ4n) is 2.68. The van der Waals surface area contributed by atoms with Gasteiger partial charge in [0.1, 0.15) is 11.7 Å². The normalized spacial score (nSPS) is 15.9. The molecule has 0 aliphatic heterocycles. The molecule has 1 unspecified atom stereocenters. The lowest BCUT2D eigenvalue weighted by molar-refractivity contribution is -0.158. The summed E-state index contributed by atoms with van der Waals surface area (Å²) >= 11 is 0. The van der Waals surface area contributed by atoms with Crippen molar-refractivity contribution >= 4 is 16.8 Å². The van der Waals surface area contributed by atoms with Gasteiger partial charge in [0, 0.05) is 4.90 Å². The Morgan fingerprint density at radius 2 is 1.66 bits per heavy atom. The molecule has 0 heterocycles. The Morgan fingerprint density at radius 3 is 2.21 bits per heavy atom. The third kappa shape index (κ3) is 7.07. The average molecular weight is 419 g/mol. The van der Waals surface area contributed by atoms with Gasteiger partial charge < -0.3 is 14.6 Å². The molecule has 29 heavy (non-hydrogen) atoms. The van der Waals surface area contributed by atoms with Crippen LogP contribution in [0.1, 0.15) is 38.8 Å². The van der Waals surface area contributed by atoms with Crippen molar-refractivity contribution in [1.82, 2.24) is 0 Å². The van der Waals surface area contributed by atoms with E-state index in [0.29, 0.717) is 4.90 Å². The Kier molecular flexibility index (Phi) is 8.14. The highest BCUT2D eigenvalue weighted by Crippen LogP contribution is 2.22. The number of ether oxygens (including phenoxy) is 2. The molecule has 6 heteroatoms. The topological polar surface area (TPSA) is 72.8 Å². The third-order valence-corrected chi connectivity index (χ3v) is 5.94. The van der Waals surface area contributed by atoms with E-state index in [1.807, 2.05) is 49.4 Å². The van der Waals surface area contributed by atoms with E-state index in [9.17, 15) is 14.1 Å². The van der Waals surface area contributed by atoms with E-state index in [2.05, 4.69) is 0 Å². The second-order valence-corrected chi connectivity index (χ2v) is 9.63. The molecule has 1 N–H and O–H groups in total. The molecule has 0 aliphatic carbocycles. The van der Waals surface area contributed by atoms with Crippen molar-refractivity contribution in [2.24, 2.45) is 0 Å². The minimum Gasteiger partial charge on any atom is -0.459 e. The minimum atomic E-state index is -1.80. The van der Waals surface area contributed by atoms with Crippen molar-refractivity contribution in [1.29, 1.82) is 0 Å². The first-order chi connectivity index (χ1) is 13.6. The molecule has 0 saturated carbocycles. The molecule has 0 fully saturated rings. The van der Waals surface area contributed by atoms with Crippen LogP contribution in [0.3, 0.4) is 0 Å². The van der Waals surface area contributed by atoms with Crippen LogP contribution in [-0.4, -0.2) is 38.3 Å². The van der Waals surface area contributed by atoms with Gasteiger partial charge in [-0.3, -0.25) is 9.00 Å². The number of hydrogen-bond acceptors (Lipinski definition) is 5. The maximum Gasteiger partial charge on any atom is 0.325 e. The monoisotopic (exact) mass is 418 g/mol. The number of aliphatic hydroxyl groups excluding tert-OH is 1. The maximum atomic E-state index is 13.2. The summed E-state index contributed by atoms with van der Waals surface area (Å²) in [7, 11) is -1.80. The summed E-state index contributed by atoms with van der Waals surface area (Å²) in [5.74, 6) is -0.709. The van der Waals surface area contributed by atoms with Crippen molar-refractivity contribution < 1.29 is 23.6 Å². The molecule has 0 amide bonds. The zero-order valence-corrected chi connectivity index (χ0v) is 18.4. The van der Waals surface area contributed by atoms with Crippen molar-refractivity contribution in [2.45, 2.75) is 69.2 Å². The molecular weight excluding hydrogens is 388 g/mol. The van der Waals surface area contributed by atoms with E-state index in [1.165, 1.54) is 0 Å². The predicted molar refractivity (Wildman–Crippen MR) is 114 cm³/mol. The lowest BCUT2D eigenvalue weighted by Gasteiger charge is -2.29. The smallest absolute Gasteiger partial charge is 0.325 e. The summed E-state index contributed by atoms with van der Waals surface area (Å²) in [6.45, 7) is 9.07. The highest BCUT2D eigenvalue weighted by atomic mass is 32.2. The molecule has 0 radical (unpaired) electrons. The molecule has 0 aliphatic rings. The van der Waals surface area contributed by atoms with E-state index in [1.54, 1.807) is 39.8 Å². The van der Waals surface area contributed by atoms with Crippen LogP contribution < -0.4 is 0 Å². The van der Waals surface area contributed by atoms with Gasteiger partial charge >= 0.3 is 5.97 Å². The first-order valence-electron chi connectivity index (χ1n) is 9.62. The van der Waals surface area contributed by atoms with Gasteiger partial charge in [-0.15, -0.1) is 0 Å². The van der Waals surface area contributed by atoms with Crippen LogP contribution in [0.5, 0.6) is 0 Å². The van der Waals surface area contributed by atoms with Crippen molar-refractivity contribution in [3.05, 3.63) is 65.7 Å². The van der Waals surface area contributed by atoms with Crippen LogP contribution in [0.15, 0.2) is 59.5 Å². The summed E-state index contributed by atoms with van der Waals surface area (Å²) in [5, 5.41) is 9.63. The Labute approximate surface area is 175 Å². The summed E-state index contributed by atoms with van der Waals surface area (Å²) in [6, 6.07) is 16.6. The Hall–Kier alpha value is -2.02. The lowest BCUT2D eigenvalue weighted by Crippen LogP contribution is -2.47. The number of aliphatic hydroxyl groups is 1. The minimum absolute atomic E-state index is 0.275. The van der Waals surface area contributed by atoms with Crippen LogP contribution in [0.4, 0.5) is 0 Å². The molecular formula is C23H30O5S. The molecule has 2 aromatic carbocycles. The van der Waals surface area contributed by atoms with E-state index in [-0.39, 0.29) is 6.61 Å². The van der Waals surface area contributed by atoms with Crippen molar-refractivity contribution in [3.63, 3.8) is 0 Å². The SMILES string of the molecule is Cc1ccc(S(=O)[C@H](C(=O)OC(C)(C)C)[C@@H](O)[C@@H](C)OCc2ccccc2)cc1. The predicted octanol–water partition coefficient (Wildman–Crippen LogP) is 3.78. The molecule has 0 spiro atoms. The van der Waals surface area contributed by atoms with Gasteiger partial charge in [-0.2, -0.15) is 0 Å². The molecule has 2 aromatic rings. The van der Waals surface area contributed by atoms with Gasteiger partial charge in [0.05, 0.1) is 23.5 Å². The summed E-state index contributed by atoms with van der Waals surface area (Å²) in [5.41, 5.74) is 1.19. The molecule has 158 valence electrons. The summed E-state index contributed by atoms with van der Waals surface area (Å²) in [4.78, 5) is 13.3. The Bertz CT molecular complexity index is 811. The quantitative estimate of drug-likeness (QED) is 0.661. The van der Waals surface area contributed by atoms with E-state index in [4.69, 9.17) is 9.47 Å². The van der Waals surface area contributed by atoms with Gasteiger partial charge in [0.2, 0.25) is 0 Å². The fraction of sp³-hybridized carbons (Fsp3) is 0.435. The second kappa shape index (κ2) is 10.1. The van der Waals surface area contributed by atoms with Gasteiger partial charge in [-0.05, 0) is 52.3 Å². The van der Waals surface area contributed by atoms with Crippen molar-refractivity contribution in [3.8, 4) is 0 Å². The maximum absolute atomic E-state index is 13.2. The molecule has 0 bridgehead atoms. The van der Waals surface area contributed by atoms with Crippen LogP contribution in [0, 0.1) is 6.92 Å². The van der Waals surface area contributed by atoms with Gasteiger partial charge in [0.15, 0.2) is 5.25 Å². The van der Waals surface area contributed by atoms with Crippen molar-refractivity contribution in [2.75, 3.05) is 0 Å². The van der Waals surface area contributed by atoms with Crippen LogP contribution in [0.25, 0.3) is 0 Å².